The molecule has 152 valence electrons. The highest BCUT2D eigenvalue weighted by molar-refractivity contribution is 5.94. The Morgan fingerprint density at radius 3 is 2.62 bits per heavy atom. The van der Waals surface area contributed by atoms with E-state index in [2.05, 4.69) is 14.9 Å². The van der Waals surface area contributed by atoms with E-state index in [0.29, 0.717) is 29.9 Å². The molecule has 0 aromatic carbocycles. The minimum Gasteiger partial charge on any atom is -0.478 e. The monoisotopic (exact) mass is 393 g/mol. The van der Waals surface area contributed by atoms with Crippen LogP contribution in [0.4, 0.5) is 5.82 Å². The van der Waals surface area contributed by atoms with Crippen LogP contribution in [0.5, 0.6) is 5.88 Å². The number of anilines is 1. The van der Waals surface area contributed by atoms with E-state index >= 15 is 0 Å². The summed E-state index contributed by atoms with van der Waals surface area (Å²) in [5.74, 6) is 3.65. The number of pyridine rings is 1. The van der Waals surface area contributed by atoms with Crippen LogP contribution in [0.25, 0.3) is 0 Å². The molecule has 0 saturated carbocycles. The number of carbonyl (C=O) groups excluding carboxylic acids is 1. The molecule has 7 nitrogen and oxygen atoms in total. The van der Waals surface area contributed by atoms with E-state index < -0.39 is 0 Å². The summed E-state index contributed by atoms with van der Waals surface area (Å²) in [5, 5.41) is 0. The van der Waals surface area contributed by atoms with Gasteiger partial charge >= 0.3 is 0 Å². The number of ether oxygens (including phenoxy) is 1. The van der Waals surface area contributed by atoms with E-state index in [9.17, 15) is 4.79 Å². The highest BCUT2D eigenvalue weighted by Gasteiger charge is 2.43. The molecule has 0 spiro atoms. The number of likely N-dealkylation sites (tertiary alicyclic amines) is 1. The van der Waals surface area contributed by atoms with Gasteiger partial charge in [0.1, 0.15) is 11.6 Å². The lowest BCUT2D eigenvalue weighted by molar-refractivity contribution is 0.0782. The first-order valence-electron chi connectivity index (χ1n) is 10.6. The molecule has 29 heavy (non-hydrogen) atoms. The smallest absolute Gasteiger partial charge is 0.255 e. The van der Waals surface area contributed by atoms with Crippen molar-refractivity contribution >= 4 is 11.7 Å². The van der Waals surface area contributed by atoms with Crippen LogP contribution in [0.2, 0.25) is 0 Å². The number of fused-ring (bicyclic) bond motifs is 2. The van der Waals surface area contributed by atoms with Crippen LogP contribution in [0.15, 0.2) is 18.3 Å². The molecule has 1 aliphatic carbocycles. The van der Waals surface area contributed by atoms with Gasteiger partial charge in [-0.1, -0.05) is 0 Å². The van der Waals surface area contributed by atoms with Gasteiger partial charge in [-0.3, -0.25) is 4.79 Å². The van der Waals surface area contributed by atoms with Gasteiger partial charge in [0.15, 0.2) is 0 Å². The molecule has 2 saturated heterocycles. The van der Waals surface area contributed by atoms with Crippen LogP contribution in [0.1, 0.15) is 40.8 Å². The second kappa shape index (κ2) is 7.28. The Bertz CT molecular complexity index is 916. The van der Waals surface area contributed by atoms with Gasteiger partial charge in [0, 0.05) is 61.5 Å². The molecule has 2 atom stereocenters. The Labute approximate surface area is 171 Å². The molecule has 2 aliphatic heterocycles. The second-order valence-electron chi connectivity index (χ2n) is 8.33. The number of amides is 1. The number of aromatic nitrogens is 3. The Morgan fingerprint density at radius 2 is 1.93 bits per heavy atom. The van der Waals surface area contributed by atoms with Crippen LogP contribution in [0, 0.1) is 18.8 Å². The fourth-order valence-corrected chi connectivity index (χ4v) is 5.05. The zero-order valence-electron chi connectivity index (χ0n) is 17.1. The molecule has 3 aliphatic rings. The summed E-state index contributed by atoms with van der Waals surface area (Å²) >= 11 is 0. The fourth-order valence-electron chi connectivity index (χ4n) is 5.05. The molecule has 7 heteroatoms. The van der Waals surface area contributed by atoms with Crippen molar-refractivity contribution in [3.63, 3.8) is 0 Å². The first kappa shape index (κ1) is 18.3. The molecule has 5 rings (SSSR count). The zero-order valence-corrected chi connectivity index (χ0v) is 17.1. The lowest BCUT2D eigenvalue weighted by atomic mass is 10.0. The van der Waals surface area contributed by atoms with Crippen LogP contribution < -0.4 is 9.64 Å². The Kier molecular flexibility index (Phi) is 4.60. The summed E-state index contributed by atoms with van der Waals surface area (Å²) in [6.45, 7) is 8.03. The van der Waals surface area contributed by atoms with Crippen molar-refractivity contribution < 1.29 is 9.53 Å². The summed E-state index contributed by atoms with van der Waals surface area (Å²) < 4.78 is 5.37. The van der Waals surface area contributed by atoms with Gasteiger partial charge in [0.2, 0.25) is 5.88 Å². The van der Waals surface area contributed by atoms with Gasteiger partial charge in [0.05, 0.1) is 12.2 Å². The first-order valence-corrected chi connectivity index (χ1v) is 10.6. The average molecular weight is 393 g/mol. The normalized spacial score (nSPS) is 22.7. The lowest BCUT2D eigenvalue weighted by Crippen LogP contribution is -2.34. The SMILES string of the molecule is CCOc1ccc(C(=O)N2CC3CN(c4nc(C)nc5c4CCC5)CC3C2)cn1. The van der Waals surface area contributed by atoms with Gasteiger partial charge in [-0.2, -0.15) is 0 Å². The maximum Gasteiger partial charge on any atom is 0.255 e. The second-order valence-corrected chi connectivity index (χ2v) is 8.33. The van der Waals surface area contributed by atoms with Gasteiger partial charge in [0.25, 0.3) is 5.91 Å². The number of nitrogens with zero attached hydrogens (tertiary/aromatic N) is 5. The van der Waals surface area contributed by atoms with E-state index in [1.54, 1.807) is 12.3 Å². The van der Waals surface area contributed by atoms with Gasteiger partial charge < -0.3 is 14.5 Å². The van der Waals surface area contributed by atoms with Gasteiger partial charge in [-0.05, 0) is 39.2 Å². The summed E-state index contributed by atoms with van der Waals surface area (Å²) in [7, 11) is 0. The first-order chi connectivity index (χ1) is 14.1. The lowest BCUT2D eigenvalue weighted by Gasteiger charge is -2.24. The van der Waals surface area contributed by atoms with Crippen LogP contribution >= 0.6 is 0 Å². The predicted molar refractivity (Wildman–Crippen MR) is 109 cm³/mol. The van der Waals surface area contributed by atoms with Crippen LogP contribution in [-0.4, -0.2) is 58.5 Å². The topological polar surface area (TPSA) is 71.5 Å². The third kappa shape index (κ3) is 3.32. The van der Waals surface area contributed by atoms with E-state index in [1.807, 2.05) is 24.8 Å². The number of aryl methyl sites for hydroxylation is 2. The van der Waals surface area contributed by atoms with E-state index in [0.717, 1.165) is 50.7 Å². The molecule has 2 aromatic rings. The van der Waals surface area contributed by atoms with E-state index in [1.165, 1.54) is 17.7 Å². The number of hydrogen-bond acceptors (Lipinski definition) is 6. The van der Waals surface area contributed by atoms with Crippen molar-refractivity contribution in [3.8, 4) is 5.88 Å². The summed E-state index contributed by atoms with van der Waals surface area (Å²) in [6.07, 6.45) is 4.97. The minimum atomic E-state index is 0.0697. The van der Waals surface area contributed by atoms with Crippen molar-refractivity contribution in [1.29, 1.82) is 0 Å². The quantitative estimate of drug-likeness (QED) is 0.794. The van der Waals surface area contributed by atoms with E-state index in [-0.39, 0.29) is 5.91 Å². The van der Waals surface area contributed by atoms with Crippen molar-refractivity contribution in [3.05, 3.63) is 41.0 Å². The van der Waals surface area contributed by atoms with Crippen molar-refractivity contribution in [2.45, 2.75) is 33.1 Å². The molecule has 1 amide bonds. The van der Waals surface area contributed by atoms with Gasteiger partial charge in [-0.15, -0.1) is 0 Å². The number of rotatable bonds is 4. The zero-order chi connectivity index (χ0) is 20.0. The molecular formula is C22H27N5O2. The summed E-state index contributed by atoms with van der Waals surface area (Å²) in [4.78, 5) is 31.0. The molecule has 2 unspecified atom stereocenters. The standard InChI is InChI=1S/C22H27N5O2/c1-3-29-20-8-7-15(9-23-20)22(28)27-12-16-10-26(11-17(16)13-27)21-18-5-4-6-19(18)24-14(2)25-21/h7-9,16-17H,3-6,10-13H2,1-2H3. The third-order valence-corrected chi connectivity index (χ3v) is 6.37. The molecule has 0 radical (unpaired) electrons. The molecule has 4 heterocycles. The molecular weight excluding hydrogens is 366 g/mol. The van der Waals surface area contributed by atoms with E-state index in [4.69, 9.17) is 9.72 Å². The summed E-state index contributed by atoms with van der Waals surface area (Å²) in [5.41, 5.74) is 3.22. The van der Waals surface area contributed by atoms with Crippen molar-refractivity contribution in [2.24, 2.45) is 11.8 Å². The number of carbonyl (C=O) groups is 1. The predicted octanol–water partition coefficient (Wildman–Crippen LogP) is 2.28. The largest absolute Gasteiger partial charge is 0.478 e. The highest BCUT2D eigenvalue weighted by Crippen LogP contribution is 2.37. The van der Waals surface area contributed by atoms with Crippen LogP contribution in [-0.2, 0) is 12.8 Å². The summed E-state index contributed by atoms with van der Waals surface area (Å²) in [6, 6.07) is 3.58. The number of hydrogen-bond donors (Lipinski definition) is 0. The third-order valence-electron chi connectivity index (χ3n) is 6.37. The molecule has 2 fully saturated rings. The molecule has 2 aromatic heterocycles. The Balaban J connectivity index is 1.26. The fraction of sp³-hybridized carbons (Fsp3) is 0.545. The van der Waals surface area contributed by atoms with Crippen molar-refractivity contribution in [2.75, 3.05) is 37.7 Å². The maximum atomic E-state index is 12.9. The average Bonchev–Trinajstić information content (AvgIpc) is 3.42. The Hall–Kier alpha value is -2.70. The van der Waals surface area contributed by atoms with Gasteiger partial charge in [-0.25, -0.2) is 15.0 Å². The minimum absolute atomic E-state index is 0.0697. The highest BCUT2D eigenvalue weighted by atomic mass is 16.5. The molecule has 0 bridgehead atoms. The van der Waals surface area contributed by atoms with Crippen molar-refractivity contribution in [1.82, 2.24) is 19.9 Å². The molecule has 0 N–H and O–H groups in total. The maximum absolute atomic E-state index is 12.9. The Morgan fingerprint density at radius 1 is 1.14 bits per heavy atom. The van der Waals surface area contributed by atoms with Crippen LogP contribution in [0.3, 0.4) is 0 Å².